The molecule has 3 aromatic heterocycles. The van der Waals surface area contributed by atoms with Crippen LogP contribution in [0, 0.1) is 5.92 Å². The number of pyridine rings is 1. The summed E-state index contributed by atoms with van der Waals surface area (Å²) in [5, 5.41) is 9.77. The number of carbonyl (C=O) groups excluding carboxylic acids is 2. The second-order valence-electron chi connectivity index (χ2n) is 11.8. The third-order valence-corrected chi connectivity index (χ3v) is 11.8. The van der Waals surface area contributed by atoms with Gasteiger partial charge in [0.05, 0.1) is 47.0 Å². The highest BCUT2D eigenvalue weighted by atomic mass is 32.2. The molecule has 7 aromatic rings. The molecule has 2 atom stereocenters. The van der Waals surface area contributed by atoms with Gasteiger partial charge in [-0.15, -0.1) is 0 Å². The van der Waals surface area contributed by atoms with Gasteiger partial charge in [0.2, 0.25) is 0 Å². The molecule has 0 aliphatic carbocycles. The van der Waals surface area contributed by atoms with Gasteiger partial charge >= 0.3 is 13.5 Å². The molecule has 10 nitrogen and oxygen atoms in total. The van der Waals surface area contributed by atoms with E-state index in [0.29, 0.717) is 44.5 Å². The monoisotopic (exact) mass is 716 g/mol. The summed E-state index contributed by atoms with van der Waals surface area (Å²) in [7, 11) is -1.20. The number of aromatic nitrogens is 3. The Morgan fingerprint density at radius 1 is 0.941 bits per heavy atom. The van der Waals surface area contributed by atoms with E-state index in [9.17, 15) is 9.59 Å². The summed E-state index contributed by atoms with van der Waals surface area (Å²) in [5.74, 6) is -1.21. The minimum Gasteiger partial charge on any atom is -0.469 e. The van der Waals surface area contributed by atoms with E-state index in [1.54, 1.807) is 38.4 Å². The molecule has 7 rings (SSSR count). The van der Waals surface area contributed by atoms with Crippen LogP contribution in [0.1, 0.15) is 28.7 Å². The third kappa shape index (κ3) is 6.78. The Morgan fingerprint density at radius 2 is 1.73 bits per heavy atom. The van der Waals surface area contributed by atoms with E-state index in [2.05, 4.69) is 10.3 Å². The lowest BCUT2D eigenvalue weighted by atomic mass is 10.1. The number of hydrogen-bond donors (Lipinski definition) is 1. The normalized spacial score (nSPS) is 13.4. The van der Waals surface area contributed by atoms with Gasteiger partial charge in [-0.2, -0.15) is 9.55 Å². The lowest BCUT2D eigenvalue weighted by molar-refractivity contribution is -0.144. The van der Waals surface area contributed by atoms with E-state index in [-0.39, 0.29) is 12.1 Å². The van der Waals surface area contributed by atoms with Gasteiger partial charge in [0.15, 0.2) is 0 Å². The number of rotatable bonds is 11. The van der Waals surface area contributed by atoms with Crippen molar-refractivity contribution in [1.29, 1.82) is 0 Å². The second-order valence-corrected chi connectivity index (χ2v) is 15.1. The van der Waals surface area contributed by atoms with Crippen LogP contribution in [0.5, 0.6) is 5.75 Å². The highest BCUT2D eigenvalue weighted by molar-refractivity contribution is 7.99. The average Bonchev–Trinajstić information content (AvgIpc) is 3.73. The molecular formula is C39H33N4O6PS. The lowest BCUT2D eigenvalue weighted by Gasteiger charge is -2.23. The Bertz CT molecular complexity index is 2490. The molecule has 0 radical (unpaired) electrons. The number of para-hydroxylation sites is 1. The summed E-state index contributed by atoms with van der Waals surface area (Å²) < 4.78 is 34.8. The standard InChI is InChI=1S/C39H33N4O6PS/c1-25(39(45)47-3)24-50(46,49-35-16-10-15-34-37(35)29-12-4-6-14-33(29)48-34)43-32-23-27(51-36-17-7-5-13-30(36)38(44)40-2)19-20-28(32)31(42-43)21-18-26-11-8-9-22-41-26/h4-23,25H,24H2,1-3H3,(H,40,44)/b21-18+/t25-,50?/m1/s1. The first-order valence-electron chi connectivity index (χ1n) is 16.2. The van der Waals surface area contributed by atoms with Crippen LogP contribution in [-0.2, 0) is 14.1 Å². The minimum atomic E-state index is -4.09. The Hall–Kier alpha value is -5.64. The molecule has 1 N–H and O–H groups in total. The fraction of sp³-hybridized carbons (Fsp3) is 0.128. The number of methoxy groups -OCH3 is 1. The van der Waals surface area contributed by atoms with Crippen molar-refractivity contribution in [3.05, 3.63) is 126 Å². The second kappa shape index (κ2) is 14.3. The molecule has 51 heavy (non-hydrogen) atoms. The molecule has 0 saturated heterocycles. The maximum atomic E-state index is 15.6. The number of benzene rings is 4. The van der Waals surface area contributed by atoms with E-state index in [1.165, 1.54) is 23.3 Å². The highest BCUT2D eigenvalue weighted by Crippen LogP contribution is 2.54. The molecule has 1 amide bonds. The Balaban J connectivity index is 1.42. The number of hydrogen-bond acceptors (Lipinski definition) is 9. The van der Waals surface area contributed by atoms with Gasteiger partial charge in [0.1, 0.15) is 16.9 Å². The van der Waals surface area contributed by atoms with Crippen molar-refractivity contribution >= 4 is 76.2 Å². The third-order valence-electron chi connectivity index (χ3n) is 8.35. The Kier molecular flexibility index (Phi) is 9.49. The number of esters is 1. The Morgan fingerprint density at radius 3 is 2.53 bits per heavy atom. The zero-order valence-electron chi connectivity index (χ0n) is 28.0. The topological polar surface area (TPSA) is 126 Å². The summed E-state index contributed by atoms with van der Waals surface area (Å²) in [5.41, 5.74) is 3.52. The highest BCUT2D eigenvalue weighted by Gasteiger charge is 2.37. The van der Waals surface area contributed by atoms with Crippen LogP contribution in [0.25, 0.3) is 45.0 Å². The molecule has 0 spiro atoms. The van der Waals surface area contributed by atoms with E-state index >= 15 is 4.57 Å². The number of fused-ring (bicyclic) bond motifs is 4. The first-order chi connectivity index (χ1) is 24.8. The molecule has 0 aliphatic rings. The molecule has 1 unspecified atom stereocenters. The van der Waals surface area contributed by atoms with Crippen molar-refractivity contribution in [3.8, 4) is 5.75 Å². The SMILES string of the molecule is CNC(=O)c1ccccc1Sc1ccc2c(/C=C/c3ccccn3)nn(P(=O)(C[C@@H](C)C(=O)OC)Oc3cccc4oc5ccccc5c34)c2c1. The van der Waals surface area contributed by atoms with Crippen molar-refractivity contribution in [2.45, 2.75) is 16.7 Å². The van der Waals surface area contributed by atoms with Crippen LogP contribution in [0.4, 0.5) is 0 Å². The first kappa shape index (κ1) is 33.8. The molecule has 12 heteroatoms. The van der Waals surface area contributed by atoms with Gasteiger partial charge in [-0.1, -0.05) is 61.2 Å². The molecule has 256 valence electrons. The van der Waals surface area contributed by atoms with Crippen molar-refractivity contribution in [1.82, 2.24) is 19.9 Å². The van der Waals surface area contributed by atoms with Crippen LogP contribution in [0.15, 0.2) is 124 Å². The molecular weight excluding hydrogens is 683 g/mol. The average molecular weight is 717 g/mol. The quantitative estimate of drug-likeness (QED) is 0.103. The van der Waals surface area contributed by atoms with Crippen LogP contribution in [0.3, 0.4) is 0 Å². The minimum absolute atomic E-state index is 0.205. The van der Waals surface area contributed by atoms with Crippen molar-refractivity contribution in [2.75, 3.05) is 20.3 Å². The number of carbonyl (C=O) groups is 2. The van der Waals surface area contributed by atoms with Crippen LogP contribution in [-0.4, -0.2) is 46.7 Å². The summed E-state index contributed by atoms with van der Waals surface area (Å²) in [6, 6.07) is 31.5. The summed E-state index contributed by atoms with van der Waals surface area (Å²) in [6.45, 7) is 1.65. The predicted molar refractivity (Wildman–Crippen MR) is 200 cm³/mol. The lowest BCUT2D eigenvalue weighted by Crippen LogP contribution is -2.21. The number of amides is 1. The fourth-order valence-corrected chi connectivity index (χ4v) is 9.22. The largest absolute Gasteiger partial charge is 0.469 e. The molecule has 0 saturated carbocycles. The van der Waals surface area contributed by atoms with Gasteiger partial charge in [-0.25, -0.2) is 0 Å². The summed E-state index contributed by atoms with van der Waals surface area (Å²) in [6.07, 6.45) is 5.14. The smallest absolute Gasteiger partial charge is 0.364 e. The van der Waals surface area contributed by atoms with Crippen LogP contribution in [0.2, 0.25) is 0 Å². The maximum Gasteiger partial charge on any atom is 0.364 e. The molecule has 0 fully saturated rings. The van der Waals surface area contributed by atoms with Gasteiger partial charge in [-0.3, -0.25) is 19.1 Å². The van der Waals surface area contributed by atoms with Crippen molar-refractivity contribution in [3.63, 3.8) is 0 Å². The van der Waals surface area contributed by atoms with E-state index < -0.39 is 19.4 Å². The van der Waals surface area contributed by atoms with Crippen LogP contribution < -0.4 is 9.84 Å². The maximum absolute atomic E-state index is 15.6. The fourth-order valence-electron chi connectivity index (χ4n) is 5.91. The molecule has 4 aromatic carbocycles. The number of nitrogens with zero attached hydrogens (tertiary/aromatic N) is 3. The Labute approximate surface area is 298 Å². The molecule has 0 aliphatic heterocycles. The summed E-state index contributed by atoms with van der Waals surface area (Å²) in [4.78, 5) is 31.4. The predicted octanol–water partition coefficient (Wildman–Crippen LogP) is 8.94. The number of furan rings is 1. The van der Waals surface area contributed by atoms with Crippen molar-refractivity contribution in [2.24, 2.45) is 5.92 Å². The molecule has 3 heterocycles. The zero-order valence-corrected chi connectivity index (χ0v) is 29.7. The number of ether oxygens (including phenoxy) is 1. The first-order valence-corrected chi connectivity index (χ1v) is 18.7. The van der Waals surface area contributed by atoms with Gasteiger partial charge in [0, 0.05) is 33.8 Å². The number of nitrogens with one attached hydrogen (secondary N) is 1. The summed E-state index contributed by atoms with van der Waals surface area (Å²) >= 11 is 1.40. The van der Waals surface area contributed by atoms with Crippen molar-refractivity contribution < 1.29 is 27.8 Å². The van der Waals surface area contributed by atoms with E-state index in [1.807, 2.05) is 97.1 Å². The van der Waals surface area contributed by atoms with E-state index in [0.717, 1.165) is 20.9 Å². The van der Waals surface area contributed by atoms with E-state index in [4.69, 9.17) is 18.8 Å². The molecule has 0 bridgehead atoms. The van der Waals surface area contributed by atoms with Gasteiger partial charge in [-0.05, 0) is 72.8 Å². The van der Waals surface area contributed by atoms with Gasteiger partial charge < -0.3 is 19.0 Å². The van der Waals surface area contributed by atoms with Gasteiger partial charge in [0.25, 0.3) is 5.91 Å². The van der Waals surface area contributed by atoms with Crippen LogP contribution >= 0.6 is 19.3 Å². The zero-order chi connectivity index (χ0) is 35.5.